The fourth-order valence-electron chi connectivity index (χ4n) is 3.80. The van der Waals surface area contributed by atoms with Crippen molar-refractivity contribution in [3.05, 3.63) is 71.8 Å². The molecule has 0 spiro atoms. The first kappa shape index (κ1) is 26.0. The average molecular weight is 475 g/mol. The third-order valence-corrected chi connectivity index (χ3v) is 5.97. The molecule has 7 heteroatoms. The van der Waals surface area contributed by atoms with Crippen molar-refractivity contribution in [1.29, 1.82) is 0 Å². The lowest BCUT2D eigenvalue weighted by molar-refractivity contribution is -0.117. The van der Waals surface area contributed by atoms with E-state index in [-0.39, 0.29) is 29.1 Å². The number of aliphatic imine (C=N–C) groups is 3. The number of rotatable bonds is 12. The van der Waals surface area contributed by atoms with E-state index in [0.717, 1.165) is 13.0 Å². The van der Waals surface area contributed by atoms with Crippen molar-refractivity contribution >= 4 is 24.4 Å². The molecule has 7 nitrogen and oxygen atoms in total. The maximum atomic E-state index is 12.1. The molecule has 2 aromatic rings. The predicted molar refractivity (Wildman–Crippen MR) is 142 cm³/mol. The molecule has 1 aliphatic carbocycles. The van der Waals surface area contributed by atoms with Gasteiger partial charge in [-0.25, -0.2) is 0 Å². The van der Waals surface area contributed by atoms with Crippen molar-refractivity contribution < 1.29 is 15.0 Å². The van der Waals surface area contributed by atoms with Gasteiger partial charge in [0.2, 0.25) is 0 Å². The molecule has 0 aliphatic heterocycles. The quantitative estimate of drug-likeness (QED) is 0.457. The van der Waals surface area contributed by atoms with Crippen LogP contribution in [0, 0.1) is 11.8 Å². The van der Waals surface area contributed by atoms with E-state index >= 15 is 0 Å². The van der Waals surface area contributed by atoms with Gasteiger partial charge in [-0.2, -0.15) is 0 Å². The summed E-state index contributed by atoms with van der Waals surface area (Å²) >= 11 is 0. The molecule has 2 unspecified atom stereocenters. The molecule has 184 valence electrons. The highest BCUT2D eigenvalue weighted by Gasteiger charge is 2.23. The molecule has 0 radical (unpaired) electrons. The van der Waals surface area contributed by atoms with Crippen LogP contribution in [0.15, 0.2) is 75.7 Å². The normalized spacial score (nSPS) is 18.5. The minimum Gasteiger partial charge on any atom is -0.507 e. The summed E-state index contributed by atoms with van der Waals surface area (Å²) in [7, 11) is 0. The van der Waals surface area contributed by atoms with Crippen LogP contribution in [-0.2, 0) is 4.79 Å². The third-order valence-electron chi connectivity index (χ3n) is 5.97. The topological polar surface area (TPSA) is 97.9 Å². The summed E-state index contributed by atoms with van der Waals surface area (Å²) in [5.74, 6) is 0.686. The molecular weight excluding hydrogens is 440 g/mol. The van der Waals surface area contributed by atoms with Crippen molar-refractivity contribution in [3.8, 4) is 11.5 Å². The summed E-state index contributed by atoms with van der Waals surface area (Å²) < 4.78 is 0. The minimum atomic E-state index is -0.139. The zero-order chi connectivity index (χ0) is 24.9. The Morgan fingerprint density at radius 3 is 1.89 bits per heavy atom. The van der Waals surface area contributed by atoms with Gasteiger partial charge in [0.05, 0.1) is 25.6 Å². The van der Waals surface area contributed by atoms with Gasteiger partial charge in [0.25, 0.3) is 0 Å². The van der Waals surface area contributed by atoms with Gasteiger partial charge in [-0.05, 0) is 42.7 Å². The Morgan fingerprint density at radius 1 is 0.857 bits per heavy atom. The highest BCUT2D eigenvalue weighted by Crippen LogP contribution is 2.20. The van der Waals surface area contributed by atoms with E-state index in [4.69, 9.17) is 0 Å². The lowest BCUT2D eigenvalue weighted by Gasteiger charge is -2.21. The molecular formula is C28H34N4O3. The molecule has 35 heavy (non-hydrogen) atoms. The van der Waals surface area contributed by atoms with Gasteiger partial charge in [0.15, 0.2) is 5.78 Å². The molecule has 0 fully saturated rings. The number of ketones is 1. The van der Waals surface area contributed by atoms with Crippen LogP contribution in [0.4, 0.5) is 0 Å². The number of phenolic OH excluding ortho intramolecular Hbond substituents is 2. The van der Waals surface area contributed by atoms with E-state index in [1.807, 2.05) is 30.3 Å². The first-order chi connectivity index (χ1) is 17.0. The zero-order valence-corrected chi connectivity index (χ0v) is 20.2. The van der Waals surface area contributed by atoms with Crippen molar-refractivity contribution in [2.45, 2.75) is 13.3 Å². The number of phenols is 2. The Labute approximate surface area is 207 Å². The third kappa shape index (κ3) is 8.61. The second-order valence-electron chi connectivity index (χ2n) is 8.63. The van der Waals surface area contributed by atoms with E-state index in [1.165, 1.54) is 0 Å². The molecule has 2 atom stereocenters. The van der Waals surface area contributed by atoms with Gasteiger partial charge in [-0.15, -0.1) is 0 Å². The maximum absolute atomic E-state index is 12.1. The minimum absolute atomic E-state index is 0.126. The maximum Gasteiger partial charge on any atom is 0.164 e. The number of para-hydroxylation sites is 2. The van der Waals surface area contributed by atoms with Crippen molar-refractivity contribution in [2.24, 2.45) is 26.8 Å². The van der Waals surface area contributed by atoms with Crippen molar-refractivity contribution in [1.82, 2.24) is 4.90 Å². The fourth-order valence-corrected chi connectivity index (χ4v) is 3.80. The first-order valence-corrected chi connectivity index (χ1v) is 12.0. The van der Waals surface area contributed by atoms with Crippen LogP contribution >= 0.6 is 0 Å². The van der Waals surface area contributed by atoms with Crippen LogP contribution in [0.25, 0.3) is 0 Å². The predicted octanol–water partition coefficient (Wildman–Crippen LogP) is 3.79. The van der Waals surface area contributed by atoms with Gasteiger partial charge < -0.3 is 10.2 Å². The zero-order valence-electron chi connectivity index (χ0n) is 20.2. The summed E-state index contributed by atoms with van der Waals surface area (Å²) in [5, 5.41) is 19.8. The second-order valence-corrected chi connectivity index (χ2v) is 8.63. The number of allylic oxidation sites excluding steroid dienone is 2. The second kappa shape index (κ2) is 14.0. The van der Waals surface area contributed by atoms with Crippen LogP contribution in [0.5, 0.6) is 11.5 Å². The smallest absolute Gasteiger partial charge is 0.164 e. The Hall–Kier alpha value is -3.58. The highest BCUT2D eigenvalue weighted by atomic mass is 16.3. The van der Waals surface area contributed by atoms with E-state index in [1.54, 1.807) is 49.0 Å². The molecule has 0 bridgehead atoms. The first-order valence-electron chi connectivity index (χ1n) is 12.0. The number of carbonyl (C=O) groups excluding carboxylic acids is 1. The van der Waals surface area contributed by atoms with Crippen molar-refractivity contribution in [3.63, 3.8) is 0 Å². The number of hydrogen-bond donors (Lipinski definition) is 2. The van der Waals surface area contributed by atoms with E-state index in [2.05, 4.69) is 26.8 Å². The van der Waals surface area contributed by atoms with Gasteiger partial charge in [0.1, 0.15) is 11.5 Å². The SMILES string of the molecule is CC1CC=CC(=O)C1C=NCCN(CCN=Cc1ccccc1O)CCN=Cc1ccccc1O. The van der Waals surface area contributed by atoms with Crippen molar-refractivity contribution in [2.75, 3.05) is 39.3 Å². The summed E-state index contributed by atoms with van der Waals surface area (Å²) in [6, 6.07) is 14.2. The van der Waals surface area contributed by atoms with Crippen LogP contribution < -0.4 is 0 Å². The number of benzene rings is 2. The summed E-state index contributed by atoms with van der Waals surface area (Å²) in [4.78, 5) is 27.8. The van der Waals surface area contributed by atoms with Gasteiger partial charge >= 0.3 is 0 Å². The van der Waals surface area contributed by atoms with Crippen LogP contribution in [0.2, 0.25) is 0 Å². The van der Waals surface area contributed by atoms with E-state index in [0.29, 0.717) is 43.9 Å². The average Bonchev–Trinajstić information content (AvgIpc) is 2.85. The van der Waals surface area contributed by atoms with Crippen LogP contribution in [0.1, 0.15) is 24.5 Å². The molecule has 0 saturated carbocycles. The largest absolute Gasteiger partial charge is 0.507 e. The summed E-state index contributed by atoms with van der Waals surface area (Å²) in [6.07, 6.45) is 9.68. The Balaban J connectivity index is 1.53. The Bertz CT molecular complexity index is 1020. The number of hydrogen-bond acceptors (Lipinski definition) is 7. The number of nitrogens with zero attached hydrogens (tertiary/aromatic N) is 4. The van der Waals surface area contributed by atoms with Crippen LogP contribution in [0.3, 0.4) is 0 Å². The Morgan fingerprint density at radius 2 is 1.37 bits per heavy atom. The molecule has 0 saturated heterocycles. The molecule has 3 rings (SSSR count). The Kier molecular flexibility index (Phi) is 10.4. The summed E-state index contributed by atoms with van der Waals surface area (Å²) in [5.41, 5.74) is 1.38. The molecule has 0 heterocycles. The molecule has 2 N–H and O–H groups in total. The van der Waals surface area contributed by atoms with Gasteiger partial charge in [-0.1, -0.05) is 37.3 Å². The fraction of sp³-hybridized carbons (Fsp3) is 0.357. The van der Waals surface area contributed by atoms with Gasteiger partial charge in [-0.3, -0.25) is 24.7 Å². The summed E-state index contributed by atoms with van der Waals surface area (Å²) in [6.45, 7) is 5.97. The standard InChI is InChI=1S/C28H34N4O3/c1-22-7-6-12-28(35)25(22)21-31-15-18-32(16-13-29-19-23-8-2-4-10-26(23)33)17-14-30-20-24-9-3-5-11-27(24)34/h2-6,8-12,19-22,25,33-34H,7,13-18H2,1H3. The highest BCUT2D eigenvalue weighted by molar-refractivity contribution is 6.02. The molecule has 0 amide bonds. The van der Waals surface area contributed by atoms with E-state index in [9.17, 15) is 15.0 Å². The molecule has 1 aliphatic rings. The lowest BCUT2D eigenvalue weighted by atomic mass is 9.84. The van der Waals surface area contributed by atoms with Crippen LogP contribution in [-0.4, -0.2) is 78.8 Å². The van der Waals surface area contributed by atoms with E-state index < -0.39 is 0 Å². The number of aromatic hydroxyl groups is 2. The molecule has 0 aromatic heterocycles. The lowest BCUT2D eigenvalue weighted by Crippen LogP contribution is -2.32. The van der Waals surface area contributed by atoms with Gasteiger partial charge in [0, 0.05) is 49.4 Å². The monoisotopic (exact) mass is 474 g/mol. The molecule has 2 aromatic carbocycles. The number of carbonyl (C=O) groups is 1.